The Balaban J connectivity index is 1.73. The molecule has 0 spiro atoms. The predicted octanol–water partition coefficient (Wildman–Crippen LogP) is 5.74. The van der Waals surface area contributed by atoms with Crippen LogP contribution < -0.4 is 10.6 Å². The molecule has 24 heavy (non-hydrogen) atoms. The summed E-state index contributed by atoms with van der Waals surface area (Å²) in [4.78, 5) is 0. The molecule has 3 aromatic rings. The van der Waals surface area contributed by atoms with Crippen molar-refractivity contribution in [2.45, 2.75) is 20.3 Å². The fourth-order valence-electron chi connectivity index (χ4n) is 3.54. The number of aryl methyl sites for hydroxylation is 1. The van der Waals surface area contributed by atoms with E-state index in [4.69, 9.17) is 0 Å². The van der Waals surface area contributed by atoms with Gasteiger partial charge in [-0.3, -0.25) is 0 Å². The second-order valence-electron chi connectivity index (χ2n) is 6.35. The molecule has 0 aromatic heterocycles. The van der Waals surface area contributed by atoms with Crippen LogP contribution in [-0.4, -0.2) is 6.54 Å². The SMILES string of the molecule is CCNc1cccc2c1Cc1cc(Nc3ccccc3)c(C)cc1-2. The van der Waals surface area contributed by atoms with Crippen molar-refractivity contribution in [3.8, 4) is 11.1 Å². The van der Waals surface area contributed by atoms with Gasteiger partial charge in [-0.15, -0.1) is 0 Å². The van der Waals surface area contributed by atoms with Crippen molar-refractivity contribution in [2.24, 2.45) is 0 Å². The van der Waals surface area contributed by atoms with Gasteiger partial charge in [0.2, 0.25) is 0 Å². The highest BCUT2D eigenvalue weighted by molar-refractivity contribution is 5.84. The number of hydrogen-bond donors (Lipinski definition) is 2. The van der Waals surface area contributed by atoms with Crippen LogP contribution in [-0.2, 0) is 6.42 Å². The fourth-order valence-corrected chi connectivity index (χ4v) is 3.54. The van der Waals surface area contributed by atoms with Crippen LogP contribution in [0.4, 0.5) is 17.1 Å². The van der Waals surface area contributed by atoms with Gasteiger partial charge in [-0.25, -0.2) is 0 Å². The quantitative estimate of drug-likeness (QED) is 0.502. The zero-order valence-corrected chi connectivity index (χ0v) is 14.2. The molecule has 0 bridgehead atoms. The van der Waals surface area contributed by atoms with Crippen LogP contribution in [0.3, 0.4) is 0 Å². The Kier molecular flexibility index (Phi) is 3.73. The van der Waals surface area contributed by atoms with Gasteiger partial charge in [0.05, 0.1) is 0 Å². The van der Waals surface area contributed by atoms with Gasteiger partial charge in [0.25, 0.3) is 0 Å². The zero-order valence-electron chi connectivity index (χ0n) is 14.2. The standard InChI is InChI=1S/C22H22N2/c1-3-23-21-11-7-10-18-19-12-15(2)22(14-16(19)13-20(18)21)24-17-8-5-4-6-9-17/h4-12,14,23-24H,3,13H2,1-2H3. The van der Waals surface area contributed by atoms with Gasteiger partial charge in [0.15, 0.2) is 0 Å². The molecule has 2 N–H and O–H groups in total. The van der Waals surface area contributed by atoms with Crippen LogP contribution in [0.25, 0.3) is 11.1 Å². The molecule has 0 amide bonds. The van der Waals surface area contributed by atoms with E-state index < -0.39 is 0 Å². The second-order valence-corrected chi connectivity index (χ2v) is 6.35. The highest BCUT2D eigenvalue weighted by Gasteiger charge is 2.22. The van der Waals surface area contributed by atoms with E-state index in [0.29, 0.717) is 0 Å². The first-order valence-corrected chi connectivity index (χ1v) is 8.58. The smallest absolute Gasteiger partial charge is 0.0417 e. The maximum Gasteiger partial charge on any atom is 0.0417 e. The Hall–Kier alpha value is -2.74. The summed E-state index contributed by atoms with van der Waals surface area (Å²) in [6, 6.07) is 21.6. The van der Waals surface area contributed by atoms with Crippen molar-refractivity contribution in [3.05, 3.63) is 77.4 Å². The molecule has 120 valence electrons. The summed E-state index contributed by atoms with van der Waals surface area (Å²) in [6.45, 7) is 5.28. The second kappa shape index (κ2) is 6.04. The Morgan fingerprint density at radius 1 is 0.875 bits per heavy atom. The third kappa shape index (κ3) is 2.54. The van der Waals surface area contributed by atoms with E-state index in [2.05, 4.69) is 79.1 Å². The molecule has 3 aromatic carbocycles. The largest absolute Gasteiger partial charge is 0.385 e. The maximum absolute atomic E-state index is 3.55. The zero-order chi connectivity index (χ0) is 16.5. The van der Waals surface area contributed by atoms with E-state index in [1.165, 1.54) is 39.2 Å². The molecule has 0 heterocycles. The van der Waals surface area contributed by atoms with E-state index >= 15 is 0 Å². The number of nitrogens with one attached hydrogen (secondary N) is 2. The number of anilines is 3. The van der Waals surface area contributed by atoms with Gasteiger partial charge in [-0.05, 0) is 72.0 Å². The molecule has 0 saturated carbocycles. The minimum Gasteiger partial charge on any atom is -0.385 e. The molecule has 1 aliphatic carbocycles. The monoisotopic (exact) mass is 314 g/mol. The van der Waals surface area contributed by atoms with Crippen molar-refractivity contribution < 1.29 is 0 Å². The minimum atomic E-state index is 0.951. The summed E-state index contributed by atoms with van der Waals surface area (Å²) in [5.41, 5.74) is 10.4. The molecule has 0 radical (unpaired) electrons. The third-order valence-electron chi connectivity index (χ3n) is 4.70. The molecule has 0 atom stereocenters. The minimum absolute atomic E-state index is 0.951. The topological polar surface area (TPSA) is 24.1 Å². The molecule has 2 heteroatoms. The van der Waals surface area contributed by atoms with Gasteiger partial charge in [0.1, 0.15) is 0 Å². The average molecular weight is 314 g/mol. The summed E-state index contributed by atoms with van der Waals surface area (Å²) >= 11 is 0. The summed E-state index contributed by atoms with van der Waals surface area (Å²) in [6.07, 6.45) is 0.998. The van der Waals surface area contributed by atoms with Gasteiger partial charge in [-0.2, -0.15) is 0 Å². The van der Waals surface area contributed by atoms with Crippen molar-refractivity contribution in [1.29, 1.82) is 0 Å². The lowest BCUT2D eigenvalue weighted by molar-refractivity contribution is 1.18. The first-order chi connectivity index (χ1) is 11.8. The predicted molar refractivity (Wildman–Crippen MR) is 103 cm³/mol. The van der Waals surface area contributed by atoms with Gasteiger partial charge >= 0.3 is 0 Å². The van der Waals surface area contributed by atoms with E-state index in [1.807, 2.05) is 6.07 Å². The fraction of sp³-hybridized carbons (Fsp3) is 0.182. The van der Waals surface area contributed by atoms with E-state index in [9.17, 15) is 0 Å². The molecule has 2 nitrogen and oxygen atoms in total. The maximum atomic E-state index is 3.55. The molecule has 4 rings (SSSR count). The van der Waals surface area contributed by atoms with Crippen LogP contribution in [0.15, 0.2) is 60.7 Å². The van der Waals surface area contributed by atoms with Crippen LogP contribution in [0.5, 0.6) is 0 Å². The Labute approximate surface area is 143 Å². The summed E-state index contributed by atoms with van der Waals surface area (Å²) in [5, 5.41) is 7.05. The number of rotatable bonds is 4. The number of fused-ring (bicyclic) bond motifs is 3. The first kappa shape index (κ1) is 14.8. The Bertz CT molecular complexity index is 882. The molecule has 0 saturated heterocycles. The van der Waals surface area contributed by atoms with Gasteiger partial charge < -0.3 is 10.6 Å². The van der Waals surface area contributed by atoms with E-state index in [1.54, 1.807) is 0 Å². The summed E-state index contributed by atoms with van der Waals surface area (Å²) < 4.78 is 0. The van der Waals surface area contributed by atoms with Crippen molar-refractivity contribution in [2.75, 3.05) is 17.2 Å². The van der Waals surface area contributed by atoms with Gasteiger partial charge in [-0.1, -0.05) is 30.3 Å². The average Bonchev–Trinajstić information content (AvgIpc) is 2.95. The Morgan fingerprint density at radius 3 is 2.50 bits per heavy atom. The van der Waals surface area contributed by atoms with Crippen LogP contribution in [0.2, 0.25) is 0 Å². The lowest BCUT2D eigenvalue weighted by Crippen LogP contribution is -1.99. The molecular weight excluding hydrogens is 292 g/mol. The van der Waals surface area contributed by atoms with Crippen LogP contribution >= 0.6 is 0 Å². The van der Waals surface area contributed by atoms with E-state index in [-0.39, 0.29) is 0 Å². The van der Waals surface area contributed by atoms with Gasteiger partial charge in [0, 0.05) is 30.0 Å². The molecule has 1 aliphatic rings. The Morgan fingerprint density at radius 2 is 1.71 bits per heavy atom. The highest BCUT2D eigenvalue weighted by atomic mass is 14.9. The van der Waals surface area contributed by atoms with Crippen molar-refractivity contribution in [3.63, 3.8) is 0 Å². The lowest BCUT2D eigenvalue weighted by atomic mass is 10.0. The lowest BCUT2D eigenvalue weighted by Gasteiger charge is -2.12. The number of hydrogen-bond acceptors (Lipinski definition) is 2. The van der Waals surface area contributed by atoms with Crippen LogP contribution in [0, 0.1) is 6.92 Å². The summed E-state index contributed by atoms with van der Waals surface area (Å²) in [5.74, 6) is 0. The van der Waals surface area contributed by atoms with E-state index in [0.717, 1.165) is 18.7 Å². The molecule has 0 aliphatic heterocycles. The molecule has 0 fully saturated rings. The highest BCUT2D eigenvalue weighted by Crippen LogP contribution is 2.42. The van der Waals surface area contributed by atoms with Crippen molar-refractivity contribution in [1.82, 2.24) is 0 Å². The summed E-state index contributed by atoms with van der Waals surface area (Å²) in [7, 11) is 0. The molecule has 0 unspecified atom stereocenters. The normalized spacial score (nSPS) is 11.8. The molecular formula is C22H22N2. The third-order valence-corrected chi connectivity index (χ3v) is 4.70. The van der Waals surface area contributed by atoms with Crippen LogP contribution in [0.1, 0.15) is 23.6 Å². The number of benzene rings is 3. The number of para-hydroxylation sites is 1. The first-order valence-electron chi connectivity index (χ1n) is 8.58. The van der Waals surface area contributed by atoms with Crippen molar-refractivity contribution >= 4 is 17.1 Å².